The first kappa shape index (κ1) is 23.1. The molecule has 0 saturated carbocycles. The molecule has 0 aliphatic carbocycles. The number of carbonyl (C=O) groups is 1. The Morgan fingerprint density at radius 2 is 1.86 bits per heavy atom. The molecule has 1 aliphatic heterocycles. The number of anilines is 1. The highest BCUT2D eigenvalue weighted by molar-refractivity contribution is 7.13. The van der Waals surface area contributed by atoms with Gasteiger partial charge in [-0.25, -0.2) is 9.37 Å². The van der Waals surface area contributed by atoms with Gasteiger partial charge in [0.05, 0.1) is 17.3 Å². The fourth-order valence-corrected chi connectivity index (χ4v) is 5.12. The molecule has 8 heteroatoms. The molecule has 5 rings (SSSR count). The van der Waals surface area contributed by atoms with E-state index in [1.54, 1.807) is 23.5 Å². The summed E-state index contributed by atoms with van der Waals surface area (Å²) >= 11 is 1.63. The number of benzene rings is 2. The summed E-state index contributed by atoms with van der Waals surface area (Å²) in [4.78, 5) is 19.6. The molecule has 0 spiro atoms. The third-order valence-corrected chi connectivity index (χ3v) is 7.10. The third kappa shape index (κ3) is 5.71. The number of hydrogen-bond acceptors (Lipinski definition) is 6. The molecule has 2 aromatic carbocycles. The Morgan fingerprint density at radius 1 is 1.03 bits per heavy atom. The van der Waals surface area contributed by atoms with Gasteiger partial charge in [0, 0.05) is 42.6 Å². The second-order valence-corrected chi connectivity index (χ2v) is 9.48. The standard InChI is InChI=1S/C27H26FN5OS/c28-22-10-8-19(9-11-22)24-12-13-25(32-31-24)33-16-4-7-21(17-33)26(34)29-15-14-23-18-35-27(30-23)20-5-2-1-3-6-20/h1-3,5-6,8-13,18,21H,4,7,14-17H2,(H,29,34). The predicted octanol–water partition coefficient (Wildman–Crippen LogP) is 4.98. The molecule has 1 amide bonds. The first-order valence-corrected chi connectivity index (χ1v) is 12.7. The fraction of sp³-hybridized carbons (Fsp3) is 0.259. The Balaban J connectivity index is 1.13. The van der Waals surface area contributed by atoms with Crippen molar-refractivity contribution in [3.8, 4) is 21.8 Å². The lowest BCUT2D eigenvalue weighted by Crippen LogP contribution is -2.43. The lowest BCUT2D eigenvalue weighted by Gasteiger charge is -2.32. The van der Waals surface area contributed by atoms with Crippen LogP contribution in [0.5, 0.6) is 0 Å². The molecule has 0 radical (unpaired) electrons. The van der Waals surface area contributed by atoms with Gasteiger partial charge in [-0.15, -0.1) is 21.5 Å². The van der Waals surface area contributed by atoms with Crippen molar-refractivity contribution in [1.82, 2.24) is 20.5 Å². The first-order valence-electron chi connectivity index (χ1n) is 11.8. The summed E-state index contributed by atoms with van der Waals surface area (Å²) in [6, 6.07) is 20.1. The van der Waals surface area contributed by atoms with E-state index >= 15 is 0 Å². The average molecular weight is 488 g/mol. The maximum absolute atomic E-state index is 13.2. The van der Waals surface area contributed by atoms with Gasteiger partial charge in [-0.1, -0.05) is 30.3 Å². The van der Waals surface area contributed by atoms with E-state index in [0.717, 1.165) is 47.0 Å². The van der Waals surface area contributed by atoms with E-state index in [9.17, 15) is 9.18 Å². The summed E-state index contributed by atoms with van der Waals surface area (Å²) < 4.78 is 13.2. The fourth-order valence-electron chi connectivity index (χ4n) is 4.26. The summed E-state index contributed by atoms with van der Waals surface area (Å²) in [5, 5.41) is 14.8. The van der Waals surface area contributed by atoms with Gasteiger partial charge in [0.15, 0.2) is 5.82 Å². The molecule has 1 aliphatic rings. The molecule has 0 bridgehead atoms. The average Bonchev–Trinajstić information content (AvgIpc) is 3.39. The van der Waals surface area contributed by atoms with E-state index in [1.165, 1.54) is 12.1 Å². The van der Waals surface area contributed by atoms with Gasteiger partial charge in [-0.05, 0) is 49.2 Å². The topological polar surface area (TPSA) is 71.0 Å². The molecule has 1 atom stereocenters. The Labute approximate surface area is 207 Å². The second kappa shape index (κ2) is 10.7. The van der Waals surface area contributed by atoms with Crippen molar-refractivity contribution < 1.29 is 9.18 Å². The number of thiazole rings is 1. The van der Waals surface area contributed by atoms with Crippen molar-refractivity contribution in [2.24, 2.45) is 5.92 Å². The van der Waals surface area contributed by atoms with Gasteiger partial charge in [-0.2, -0.15) is 0 Å². The van der Waals surface area contributed by atoms with E-state index in [0.29, 0.717) is 25.2 Å². The molecule has 6 nitrogen and oxygen atoms in total. The highest BCUT2D eigenvalue weighted by atomic mass is 32.1. The molecule has 1 N–H and O–H groups in total. The van der Waals surface area contributed by atoms with Crippen molar-refractivity contribution in [2.75, 3.05) is 24.5 Å². The van der Waals surface area contributed by atoms with Gasteiger partial charge in [-0.3, -0.25) is 4.79 Å². The van der Waals surface area contributed by atoms with Crippen LogP contribution < -0.4 is 10.2 Å². The van der Waals surface area contributed by atoms with Crippen LogP contribution in [-0.4, -0.2) is 40.7 Å². The van der Waals surface area contributed by atoms with Gasteiger partial charge < -0.3 is 10.2 Å². The molecule has 1 saturated heterocycles. The molecule has 35 heavy (non-hydrogen) atoms. The molecule has 178 valence electrons. The number of amides is 1. The van der Waals surface area contributed by atoms with Gasteiger partial charge in [0.1, 0.15) is 10.8 Å². The second-order valence-electron chi connectivity index (χ2n) is 8.62. The number of piperidine rings is 1. The normalized spacial score (nSPS) is 15.7. The lowest BCUT2D eigenvalue weighted by atomic mass is 9.97. The number of carbonyl (C=O) groups excluding carboxylic acids is 1. The number of hydrogen-bond donors (Lipinski definition) is 1. The van der Waals surface area contributed by atoms with E-state index in [1.807, 2.05) is 30.3 Å². The third-order valence-electron chi connectivity index (χ3n) is 6.16. The summed E-state index contributed by atoms with van der Waals surface area (Å²) in [5.74, 6) is 0.463. The van der Waals surface area contributed by atoms with Crippen molar-refractivity contribution >= 4 is 23.1 Å². The molecule has 4 aromatic rings. The van der Waals surface area contributed by atoms with Crippen LogP contribution >= 0.6 is 11.3 Å². The molecular formula is C27H26FN5OS. The predicted molar refractivity (Wildman–Crippen MR) is 137 cm³/mol. The Kier molecular flexibility index (Phi) is 7.09. The Hall–Kier alpha value is -3.65. The number of halogens is 1. The highest BCUT2D eigenvalue weighted by Gasteiger charge is 2.26. The number of rotatable bonds is 7. The summed E-state index contributed by atoms with van der Waals surface area (Å²) in [6.07, 6.45) is 2.49. The maximum Gasteiger partial charge on any atom is 0.224 e. The van der Waals surface area contributed by atoms with Crippen LogP contribution in [-0.2, 0) is 11.2 Å². The van der Waals surface area contributed by atoms with Gasteiger partial charge >= 0.3 is 0 Å². The first-order chi connectivity index (χ1) is 17.2. The minimum absolute atomic E-state index is 0.0732. The number of nitrogens with one attached hydrogen (secondary N) is 1. The smallest absolute Gasteiger partial charge is 0.224 e. The van der Waals surface area contributed by atoms with Crippen molar-refractivity contribution in [2.45, 2.75) is 19.3 Å². The van der Waals surface area contributed by atoms with Crippen LogP contribution in [0.3, 0.4) is 0 Å². The number of nitrogens with zero attached hydrogens (tertiary/aromatic N) is 4. The zero-order valence-electron chi connectivity index (χ0n) is 19.2. The minimum atomic E-state index is -0.278. The highest BCUT2D eigenvalue weighted by Crippen LogP contribution is 2.25. The summed E-state index contributed by atoms with van der Waals surface area (Å²) in [5.41, 5.74) is 3.62. The SMILES string of the molecule is O=C(NCCc1csc(-c2ccccc2)n1)C1CCCN(c2ccc(-c3ccc(F)cc3)nn2)C1. The largest absolute Gasteiger partial charge is 0.355 e. The Morgan fingerprint density at radius 3 is 2.63 bits per heavy atom. The summed E-state index contributed by atoms with van der Waals surface area (Å²) in [6.45, 7) is 2.03. The van der Waals surface area contributed by atoms with Crippen LogP contribution in [0, 0.1) is 11.7 Å². The van der Waals surface area contributed by atoms with Crippen molar-refractivity contribution in [3.05, 3.63) is 83.6 Å². The van der Waals surface area contributed by atoms with E-state index < -0.39 is 0 Å². The van der Waals surface area contributed by atoms with E-state index in [4.69, 9.17) is 4.98 Å². The Bertz CT molecular complexity index is 1260. The molecule has 1 unspecified atom stereocenters. The van der Waals surface area contributed by atoms with Gasteiger partial charge in [0.2, 0.25) is 5.91 Å². The van der Waals surface area contributed by atoms with Crippen LogP contribution in [0.1, 0.15) is 18.5 Å². The molecular weight excluding hydrogens is 461 g/mol. The monoisotopic (exact) mass is 487 g/mol. The van der Waals surface area contributed by atoms with Crippen LogP contribution in [0.25, 0.3) is 21.8 Å². The number of aromatic nitrogens is 3. The molecule has 1 fully saturated rings. The zero-order valence-corrected chi connectivity index (χ0v) is 20.0. The van der Waals surface area contributed by atoms with Crippen LogP contribution in [0.4, 0.5) is 10.2 Å². The van der Waals surface area contributed by atoms with Gasteiger partial charge in [0.25, 0.3) is 0 Å². The maximum atomic E-state index is 13.2. The van der Waals surface area contributed by atoms with Crippen molar-refractivity contribution in [1.29, 1.82) is 0 Å². The quantitative estimate of drug-likeness (QED) is 0.398. The van der Waals surface area contributed by atoms with Crippen molar-refractivity contribution in [3.63, 3.8) is 0 Å². The van der Waals surface area contributed by atoms with Crippen LogP contribution in [0.2, 0.25) is 0 Å². The zero-order chi connectivity index (χ0) is 24.0. The summed E-state index contributed by atoms with van der Waals surface area (Å²) in [7, 11) is 0. The minimum Gasteiger partial charge on any atom is -0.355 e. The molecule has 3 heterocycles. The van der Waals surface area contributed by atoms with E-state index in [2.05, 4.69) is 37.9 Å². The van der Waals surface area contributed by atoms with Crippen LogP contribution in [0.15, 0.2) is 72.1 Å². The molecule has 2 aromatic heterocycles. The lowest BCUT2D eigenvalue weighted by molar-refractivity contribution is -0.125. The van der Waals surface area contributed by atoms with E-state index in [-0.39, 0.29) is 17.6 Å².